The topological polar surface area (TPSA) is 84.9 Å². The molecule has 0 spiro atoms. The zero-order valence-electron chi connectivity index (χ0n) is 14.6. The van der Waals surface area contributed by atoms with Crippen LogP contribution in [-0.2, 0) is 9.59 Å². The quantitative estimate of drug-likeness (QED) is 0.797. The van der Waals surface area contributed by atoms with Gasteiger partial charge in [-0.05, 0) is 41.8 Å². The zero-order valence-corrected chi connectivity index (χ0v) is 14.6. The van der Waals surface area contributed by atoms with Crippen LogP contribution < -0.4 is 14.8 Å². The normalized spacial score (nSPS) is 18.3. The largest absolute Gasteiger partial charge is 0.497 e. The molecule has 2 aromatic rings. The minimum atomic E-state index is -0.921. The van der Waals surface area contributed by atoms with Crippen molar-refractivity contribution in [2.24, 2.45) is 11.8 Å². The van der Waals surface area contributed by atoms with Gasteiger partial charge in [-0.1, -0.05) is 24.3 Å². The lowest BCUT2D eigenvalue weighted by molar-refractivity contribution is -0.140. The highest BCUT2D eigenvalue weighted by molar-refractivity contribution is 5.89. The summed E-state index contributed by atoms with van der Waals surface area (Å²) in [6.45, 7) is 0. The Labute approximate surface area is 151 Å². The summed E-state index contributed by atoms with van der Waals surface area (Å²) in [4.78, 5) is 23.5. The first kappa shape index (κ1) is 17.8. The van der Waals surface area contributed by atoms with E-state index in [-0.39, 0.29) is 11.9 Å². The average Bonchev–Trinajstić information content (AvgIpc) is 3.47. The highest BCUT2D eigenvalue weighted by Gasteiger charge is 2.48. The number of rotatable bonds is 7. The molecule has 136 valence electrons. The second-order valence-corrected chi connectivity index (χ2v) is 6.27. The fourth-order valence-electron chi connectivity index (χ4n) is 2.96. The standard InChI is InChI=1S/C20H21NO5/c1-25-14-7-3-12(4-8-14)18(13-5-9-15(26-2)10-6-13)21-19(22)16-11-17(16)20(23)24/h3-10,16-18H,11H2,1-2H3,(H,21,22)(H,23,24)/t16-,17-/m0/s1. The van der Waals surface area contributed by atoms with Gasteiger partial charge in [0, 0.05) is 0 Å². The van der Waals surface area contributed by atoms with Gasteiger partial charge < -0.3 is 19.9 Å². The van der Waals surface area contributed by atoms with Crippen molar-refractivity contribution >= 4 is 11.9 Å². The van der Waals surface area contributed by atoms with Crippen LogP contribution in [0.15, 0.2) is 48.5 Å². The highest BCUT2D eigenvalue weighted by atomic mass is 16.5. The van der Waals surface area contributed by atoms with Crippen LogP contribution in [0.1, 0.15) is 23.6 Å². The third kappa shape index (κ3) is 3.79. The molecule has 2 aromatic carbocycles. The van der Waals surface area contributed by atoms with Gasteiger partial charge in [0.1, 0.15) is 11.5 Å². The Morgan fingerprint density at radius 1 is 0.923 bits per heavy atom. The number of ether oxygens (including phenoxy) is 2. The molecule has 26 heavy (non-hydrogen) atoms. The fourth-order valence-corrected chi connectivity index (χ4v) is 2.96. The molecule has 1 fully saturated rings. The van der Waals surface area contributed by atoms with Crippen LogP contribution in [0.3, 0.4) is 0 Å². The number of nitrogens with one attached hydrogen (secondary N) is 1. The minimum absolute atomic E-state index is 0.242. The van der Waals surface area contributed by atoms with Crippen LogP contribution in [0.2, 0.25) is 0 Å². The van der Waals surface area contributed by atoms with Crippen LogP contribution in [-0.4, -0.2) is 31.2 Å². The molecule has 1 aliphatic carbocycles. The molecule has 2 N–H and O–H groups in total. The van der Waals surface area contributed by atoms with Crippen molar-refractivity contribution in [3.05, 3.63) is 59.7 Å². The number of carboxylic acids is 1. The molecule has 0 aromatic heterocycles. The van der Waals surface area contributed by atoms with Crippen molar-refractivity contribution in [2.75, 3.05) is 14.2 Å². The molecule has 1 amide bonds. The summed E-state index contributed by atoms with van der Waals surface area (Å²) in [6.07, 6.45) is 0.388. The van der Waals surface area contributed by atoms with Gasteiger partial charge in [0.15, 0.2) is 0 Å². The maximum absolute atomic E-state index is 12.5. The molecular formula is C20H21NO5. The van der Waals surface area contributed by atoms with Gasteiger partial charge in [0.25, 0.3) is 0 Å². The van der Waals surface area contributed by atoms with Crippen molar-refractivity contribution in [3.63, 3.8) is 0 Å². The van der Waals surface area contributed by atoms with Crippen molar-refractivity contribution in [2.45, 2.75) is 12.5 Å². The molecule has 1 aliphatic rings. The summed E-state index contributed by atoms with van der Waals surface area (Å²) in [5.74, 6) is -0.762. The van der Waals surface area contributed by atoms with E-state index in [1.807, 2.05) is 48.5 Å². The zero-order chi connectivity index (χ0) is 18.7. The highest BCUT2D eigenvalue weighted by Crippen LogP contribution is 2.39. The molecule has 2 atom stereocenters. The van der Waals surface area contributed by atoms with Crippen molar-refractivity contribution < 1.29 is 24.2 Å². The maximum atomic E-state index is 12.5. The van der Waals surface area contributed by atoms with Gasteiger partial charge in [0.2, 0.25) is 5.91 Å². The summed E-state index contributed by atoms with van der Waals surface area (Å²) in [6, 6.07) is 14.5. The number of aliphatic carboxylic acids is 1. The molecule has 3 rings (SSSR count). The lowest BCUT2D eigenvalue weighted by Crippen LogP contribution is -2.31. The first-order chi connectivity index (χ1) is 12.5. The summed E-state index contributed by atoms with van der Waals surface area (Å²) in [7, 11) is 3.19. The number of hydrogen-bond acceptors (Lipinski definition) is 4. The summed E-state index contributed by atoms with van der Waals surface area (Å²) in [5.41, 5.74) is 1.77. The van der Waals surface area contributed by atoms with E-state index in [0.717, 1.165) is 22.6 Å². The van der Waals surface area contributed by atoms with Crippen molar-refractivity contribution in [3.8, 4) is 11.5 Å². The molecule has 6 nitrogen and oxygen atoms in total. The number of methoxy groups -OCH3 is 2. The Bertz CT molecular complexity index is 737. The van der Waals surface area contributed by atoms with E-state index in [1.165, 1.54) is 0 Å². The summed E-state index contributed by atoms with van der Waals surface area (Å²) >= 11 is 0. The number of carbonyl (C=O) groups excluding carboxylic acids is 1. The molecule has 0 radical (unpaired) electrons. The molecule has 0 saturated heterocycles. The molecule has 0 heterocycles. The Kier molecular flexibility index (Phi) is 5.11. The smallest absolute Gasteiger partial charge is 0.307 e. The monoisotopic (exact) mass is 355 g/mol. The van der Waals surface area contributed by atoms with Gasteiger partial charge >= 0.3 is 5.97 Å². The van der Waals surface area contributed by atoms with Gasteiger partial charge in [-0.25, -0.2) is 0 Å². The molecular weight excluding hydrogens is 334 g/mol. The van der Waals surface area contributed by atoms with Crippen LogP contribution in [0, 0.1) is 11.8 Å². The number of carbonyl (C=O) groups is 2. The first-order valence-corrected chi connectivity index (χ1v) is 8.34. The SMILES string of the molecule is COc1ccc(C(NC(=O)[C@H]2C[C@@H]2C(=O)O)c2ccc(OC)cc2)cc1. The average molecular weight is 355 g/mol. The lowest BCUT2D eigenvalue weighted by atomic mass is 9.98. The second kappa shape index (κ2) is 7.47. The van der Waals surface area contributed by atoms with E-state index in [2.05, 4.69) is 5.32 Å². The predicted octanol–water partition coefficient (Wildman–Crippen LogP) is 2.63. The van der Waals surface area contributed by atoms with Crippen LogP contribution >= 0.6 is 0 Å². The van der Waals surface area contributed by atoms with E-state index in [0.29, 0.717) is 6.42 Å². The third-order valence-corrected chi connectivity index (χ3v) is 4.63. The van der Waals surface area contributed by atoms with E-state index >= 15 is 0 Å². The number of hydrogen-bond donors (Lipinski definition) is 2. The van der Waals surface area contributed by atoms with E-state index in [1.54, 1.807) is 14.2 Å². The predicted molar refractivity (Wildman–Crippen MR) is 95.2 cm³/mol. The summed E-state index contributed by atoms with van der Waals surface area (Å²) in [5, 5.41) is 12.0. The van der Waals surface area contributed by atoms with E-state index in [4.69, 9.17) is 14.6 Å². The maximum Gasteiger partial charge on any atom is 0.307 e. The van der Waals surface area contributed by atoms with Crippen LogP contribution in [0.25, 0.3) is 0 Å². The van der Waals surface area contributed by atoms with Crippen molar-refractivity contribution in [1.82, 2.24) is 5.32 Å². The van der Waals surface area contributed by atoms with Gasteiger partial charge in [-0.3, -0.25) is 9.59 Å². The van der Waals surface area contributed by atoms with Gasteiger partial charge in [0.05, 0.1) is 32.1 Å². The van der Waals surface area contributed by atoms with Crippen LogP contribution in [0.4, 0.5) is 0 Å². The molecule has 0 bridgehead atoms. The second-order valence-electron chi connectivity index (χ2n) is 6.27. The Morgan fingerprint density at radius 3 is 1.73 bits per heavy atom. The van der Waals surface area contributed by atoms with E-state index in [9.17, 15) is 9.59 Å². The summed E-state index contributed by atoms with van der Waals surface area (Å²) < 4.78 is 10.4. The van der Waals surface area contributed by atoms with Gasteiger partial charge in [-0.15, -0.1) is 0 Å². The number of amides is 1. The molecule has 0 unspecified atom stereocenters. The van der Waals surface area contributed by atoms with E-state index < -0.39 is 17.8 Å². The molecule has 6 heteroatoms. The first-order valence-electron chi connectivity index (χ1n) is 8.34. The molecule has 0 aliphatic heterocycles. The Balaban J connectivity index is 1.85. The van der Waals surface area contributed by atoms with Crippen LogP contribution in [0.5, 0.6) is 11.5 Å². The third-order valence-electron chi connectivity index (χ3n) is 4.63. The molecule has 1 saturated carbocycles. The fraction of sp³-hybridized carbons (Fsp3) is 0.300. The minimum Gasteiger partial charge on any atom is -0.497 e. The lowest BCUT2D eigenvalue weighted by Gasteiger charge is -2.20. The number of carboxylic acid groups (broad SMARTS) is 1. The Hall–Kier alpha value is -3.02. The van der Waals surface area contributed by atoms with Crippen molar-refractivity contribution in [1.29, 1.82) is 0 Å². The van der Waals surface area contributed by atoms with Gasteiger partial charge in [-0.2, -0.15) is 0 Å². The number of benzene rings is 2. The Morgan fingerprint density at radius 2 is 1.38 bits per heavy atom.